The third kappa shape index (κ3) is 3.35. The molecule has 160 valence electrons. The lowest BCUT2D eigenvalue weighted by atomic mass is 10.1. The lowest BCUT2D eigenvalue weighted by molar-refractivity contribution is 0.0938. The van der Waals surface area contributed by atoms with Gasteiger partial charge in [0.15, 0.2) is 17.2 Å². The molecule has 4 aromatic rings. The van der Waals surface area contributed by atoms with Crippen molar-refractivity contribution >= 4 is 17.4 Å². The number of rotatable bonds is 6. The highest BCUT2D eigenvalue weighted by atomic mass is 16.7. The van der Waals surface area contributed by atoms with Crippen LogP contribution >= 0.6 is 0 Å². The Balaban J connectivity index is 1.41. The van der Waals surface area contributed by atoms with E-state index in [-0.39, 0.29) is 24.1 Å². The smallest absolute Gasteiger partial charge is 0.292 e. The molecule has 0 unspecified atom stereocenters. The monoisotopic (exact) mass is 432 g/mol. The van der Waals surface area contributed by atoms with E-state index < -0.39 is 5.91 Å². The molecule has 0 spiro atoms. The first-order chi connectivity index (χ1) is 15.6. The van der Waals surface area contributed by atoms with Crippen LogP contribution in [0.25, 0.3) is 22.8 Å². The van der Waals surface area contributed by atoms with E-state index in [2.05, 4.69) is 42.7 Å². The lowest BCUT2D eigenvalue weighted by Crippen LogP contribution is -2.36. The van der Waals surface area contributed by atoms with Crippen molar-refractivity contribution in [3.8, 4) is 28.6 Å². The van der Waals surface area contributed by atoms with Crippen LogP contribution in [0.2, 0.25) is 0 Å². The summed E-state index contributed by atoms with van der Waals surface area (Å²) in [5.74, 6) is 0.828. The molecule has 4 N–H and O–H groups in total. The van der Waals surface area contributed by atoms with Gasteiger partial charge in [-0.05, 0) is 28.5 Å². The topological polar surface area (TPSA) is 155 Å². The number of hydrogen-bond acceptors (Lipinski definition) is 10. The summed E-state index contributed by atoms with van der Waals surface area (Å²) in [5.41, 5.74) is 13.4. The molecule has 0 aliphatic carbocycles. The Bertz CT molecular complexity index is 1310. The van der Waals surface area contributed by atoms with Gasteiger partial charge >= 0.3 is 0 Å². The van der Waals surface area contributed by atoms with E-state index in [0.29, 0.717) is 34.0 Å². The summed E-state index contributed by atoms with van der Waals surface area (Å²) in [6.07, 6.45) is 0. The molecule has 0 fully saturated rings. The van der Waals surface area contributed by atoms with Crippen LogP contribution in [0.15, 0.2) is 59.7 Å². The molecule has 5 rings (SSSR count). The normalized spacial score (nSPS) is 11.9. The van der Waals surface area contributed by atoms with Crippen molar-refractivity contribution in [2.24, 2.45) is 0 Å². The summed E-state index contributed by atoms with van der Waals surface area (Å²) in [4.78, 5) is 13.0. The number of nitrogens with one attached hydrogen (secondary N) is 2. The molecule has 1 aliphatic rings. The standard InChI is InChI=1S/C20H16N8O4/c1-11(13-7-8-14-15(9-13)31-10-30-14)22-24-20(29)16-17(12-5-3-2-4-6-12)28(27-23-16)19-18(21)25-32-26-19/h2-9,22H,1,10H2,(H2,21,25)(H,24,29). The van der Waals surface area contributed by atoms with E-state index >= 15 is 0 Å². The molecule has 32 heavy (non-hydrogen) atoms. The zero-order chi connectivity index (χ0) is 22.1. The lowest BCUT2D eigenvalue weighted by Gasteiger charge is -2.12. The number of hydrazine groups is 1. The first-order valence-electron chi connectivity index (χ1n) is 9.36. The number of carbonyl (C=O) groups is 1. The molecular weight excluding hydrogens is 416 g/mol. The molecule has 2 aromatic carbocycles. The molecule has 0 saturated carbocycles. The molecule has 0 atom stereocenters. The van der Waals surface area contributed by atoms with Gasteiger partial charge in [0.2, 0.25) is 18.4 Å². The Labute approximate surface area is 180 Å². The van der Waals surface area contributed by atoms with Gasteiger partial charge in [-0.25, -0.2) is 4.63 Å². The molecule has 12 heteroatoms. The van der Waals surface area contributed by atoms with Crippen LogP contribution < -0.4 is 26.1 Å². The Morgan fingerprint density at radius 2 is 1.88 bits per heavy atom. The minimum absolute atomic E-state index is 0.00773. The number of nitrogens with two attached hydrogens (primary N) is 1. The van der Waals surface area contributed by atoms with Crippen molar-refractivity contribution in [1.82, 2.24) is 36.2 Å². The number of nitrogens with zero attached hydrogens (tertiary/aromatic N) is 5. The summed E-state index contributed by atoms with van der Waals surface area (Å²) < 4.78 is 16.6. The number of aromatic nitrogens is 5. The van der Waals surface area contributed by atoms with E-state index in [9.17, 15) is 4.79 Å². The van der Waals surface area contributed by atoms with Crippen molar-refractivity contribution in [2.45, 2.75) is 0 Å². The van der Waals surface area contributed by atoms with Crippen molar-refractivity contribution in [3.05, 3.63) is 66.4 Å². The molecule has 1 aliphatic heterocycles. The van der Waals surface area contributed by atoms with Gasteiger partial charge in [-0.2, -0.15) is 4.68 Å². The number of nitrogen functional groups attached to an aromatic ring is 1. The second kappa shape index (κ2) is 7.75. The van der Waals surface area contributed by atoms with Crippen molar-refractivity contribution in [1.29, 1.82) is 0 Å². The van der Waals surface area contributed by atoms with Gasteiger partial charge in [-0.3, -0.25) is 15.6 Å². The fourth-order valence-electron chi connectivity index (χ4n) is 3.12. The van der Waals surface area contributed by atoms with Gasteiger partial charge in [0.25, 0.3) is 5.91 Å². The SMILES string of the molecule is C=C(NNC(=O)c1nnn(-c2nonc2N)c1-c1ccccc1)c1ccc2c(c1)OCO2. The number of hydrogen-bond donors (Lipinski definition) is 3. The largest absolute Gasteiger partial charge is 0.454 e. The Morgan fingerprint density at radius 3 is 2.66 bits per heavy atom. The quantitative estimate of drug-likeness (QED) is 0.382. The number of ether oxygens (including phenoxy) is 2. The molecule has 0 radical (unpaired) electrons. The maximum absolute atomic E-state index is 13.0. The zero-order valence-electron chi connectivity index (χ0n) is 16.5. The highest BCUT2D eigenvalue weighted by molar-refractivity contribution is 5.98. The Kier molecular flexibility index (Phi) is 4.63. The Morgan fingerprint density at radius 1 is 1.06 bits per heavy atom. The number of amides is 1. The fourth-order valence-corrected chi connectivity index (χ4v) is 3.12. The van der Waals surface area contributed by atoms with Crippen LogP contribution in [0.4, 0.5) is 5.82 Å². The number of fused-ring (bicyclic) bond motifs is 1. The van der Waals surface area contributed by atoms with Crippen molar-refractivity contribution in [3.63, 3.8) is 0 Å². The highest BCUT2D eigenvalue weighted by Crippen LogP contribution is 2.33. The molecule has 0 bridgehead atoms. The van der Waals surface area contributed by atoms with Gasteiger partial charge in [-0.15, -0.1) is 5.10 Å². The predicted molar refractivity (Wildman–Crippen MR) is 111 cm³/mol. The zero-order valence-corrected chi connectivity index (χ0v) is 16.5. The van der Waals surface area contributed by atoms with E-state index in [1.807, 2.05) is 18.2 Å². The van der Waals surface area contributed by atoms with E-state index in [1.165, 1.54) is 4.68 Å². The van der Waals surface area contributed by atoms with Gasteiger partial charge in [0.1, 0.15) is 5.69 Å². The Hall–Kier alpha value is -4.87. The fraction of sp³-hybridized carbons (Fsp3) is 0.0500. The minimum Gasteiger partial charge on any atom is -0.454 e. The van der Waals surface area contributed by atoms with Crippen LogP contribution in [0.5, 0.6) is 11.5 Å². The van der Waals surface area contributed by atoms with Crippen LogP contribution in [0, 0.1) is 0 Å². The predicted octanol–water partition coefficient (Wildman–Crippen LogP) is 1.53. The van der Waals surface area contributed by atoms with E-state index in [0.717, 1.165) is 0 Å². The van der Waals surface area contributed by atoms with Crippen LogP contribution in [0.1, 0.15) is 16.1 Å². The van der Waals surface area contributed by atoms with Crippen molar-refractivity contribution < 1.29 is 18.9 Å². The average Bonchev–Trinajstić information content (AvgIpc) is 3.56. The summed E-state index contributed by atoms with van der Waals surface area (Å²) in [6.45, 7) is 4.11. The molecule has 2 aromatic heterocycles. The first-order valence-corrected chi connectivity index (χ1v) is 9.36. The number of anilines is 1. The van der Waals surface area contributed by atoms with Gasteiger partial charge in [0, 0.05) is 11.1 Å². The molecule has 3 heterocycles. The third-order valence-corrected chi connectivity index (χ3v) is 4.68. The molecule has 0 saturated heterocycles. The van der Waals surface area contributed by atoms with E-state index in [1.54, 1.807) is 30.3 Å². The number of carbonyl (C=O) groups excluding carboxylic acids is 1. The maximum atomic E-state index is 13.0. The van der Waals surface area contributed by atoms with E-state index in [4.69, 9.17) is 15.2 Å². The van der Waals surface area contributed by atoms with Gasteiger partial charge in [-0.1, -0.05) is 42.1 Å². The molecule has 1 amide bonds. The van der Waals surface area contributed by atoms with Crippen molar-refractivity contribution in [2.75, 3.05) is 12.5 Å². The summed E-state index contributed by atoms with van der Waals surface area (Å²) >= 11 is 0. The summed E-state index contributed by atoms with van der Waals surface area (Å²) in [6, 6.07) is 14.4. The van der Waals surface area contributed by atoms with Crippen LogP contribution in [0.3, 0.4) is 0 Å². The van der Waals surface area contributed by atoms with Gasteiger partial charge < -0.3 is 15.2 Å². The second-order valence-electron chi connectivity index (χ2n) is 6.66. The highest BCUT2D eigenvalue weighted by Gasteiger charge is 2.25. The minimum atomic E-state index is -0.549. The maximum Gasteiger partial charge on any atom is 0.292 e. The van der Waals surface area contributed by atoms with Gasteiger partial charge in [0.05, 0.1) is 5.70 Å². The summed E-state index contributed by atoms with van der Waals surface area (Å²) in [7, 11) is 0. The average molecular weight is 432 g/mol. The third-order valence-electron chi connectivity index (χ3n) is 4.68. The van der Waals surface area contributed by atoms with Crippen LogP contribution in [-0.2, 0) is 0 Å². The number of benzene rings is 2. The molecular formula is C20H16N8O4. The summed E-state index contributed by atoms with van der Waals surface area (Å²) in [5, 5.41) is 15.4. The first kappa shape index (κ1) is 19.1. The molecule has 12 nitrogen and oxygen atoms in total. The van der Waals surface area contributed by atoms with Crippen LogP contribution in [-0.4, -0.2) is 38.0 Å². The second-order valence-corrected chi connectivity index (χ2v) is 6.66.